The number of amides is 1. The summed E-state index contributed by atoms with van der Waals surface area (Å²) in [6.45, 7) is 6.32. The number of thioether (sulfide) groups is 1. The highest BCUT2D eigenvalue weighted by atomic mass is 32.2. The second-order valence-electron chi connectivity index (χ2n) is 8.41. The van der Waals surface area contributed by atoms with E-state index in [0.717, 1.165) is 26.1 Å². The Hall–Kier alpha value is -2.97. The number of aryl methyl sites for hydroxylation is 1. The zero-order valence-electron chi connectivity index (χ0n) is 20.5. The van der Waals surface area contributed by atoms with E-state index in [2.05, 4.69) is 19.2 Å². The molecule has 0 aliphatic rings. The largest absolute Gasteiger partial charge is 0.491 e. The van der Waals surface area contributed by atoms with Crippen molar-refractivity contribution in [3.05, 3.63) is 83.9 Å². The number of rotatable bonds is 11. The molecule has 8 heteroatoms. The minimum Gasteiger partial charge on any atom is -0.491 e. The van der Waals surface area contributed by atoms with Gasteiger partial charge in [-0.3, -0.25) is 9.10 Å². The molecule has 186 valence electrons. The van der Waals surface area contributed by atoms with Crippen LogP contribution in [0.3, 0.4) is 0 Å². The average Bonchev–Trinajstić information content (AvgIpc) is 2.86. The lowest BCUT2D eigenvalue weighted by Gasteiger charge is -2.24. The first kappa shape index (κ1) is 26.6. The Morgan fingerprint density at radius 3 is 2.29 bits per heavy atom. The van der Waals surface area contributed by atoms with E-state index < -0.39 is 15.9 Å². The van der Waals surface area contributed by atoms with Crippen molar-refractivity contribution in [2.24, 2.45) is 0 Å². The maximum absolute atomic E-state index is 13.5. The van der Waals surface area contributed by atoms with Crippen molar-refractivity contribution in [2.75, 3.05) is 30.3 Å². The molecular formula is C27H32N2O4S2. The number of nitrogens with zero attached hydrogens (tertiary/aromatic N) is 1. The zero-order chi connectivity index (χ0) is 25.4. The van der Waals surface area contributed by atoms with Crippen molar-refractivity contribution in [3.63, 3.8) is 0 Å². The fourth-order valence-corrected chi connectivity index (χ4v) is 5.36. The molecule has 0 atom stereocenters. The molecule has 3 rings (SSSR count). The number of nitrogens with one attached hydrogen (secondary N) is 1. The first-order chi connectivity index (χ1) is 16.7. The number of carbonyl (C=O) groups excluding carboxylic acids is 1. The molecule has 0 unspecified atom stereocenters. The van der Waals surface area contributed by atoms with Gasteiger partial charge in [0.15, 0.2) is 0 Å². The van der Waals surface area contributed by atoms with Gasteiger partial charge in [-0.25, -0.2) is 8.42 Å². The van der Waals surface area contributed by atoms with Crippen molar-refractivity contribution >= 4 is 33.4 Å². The van der Waals surface area contributed by atoms with Gasteiger partial charge in [0.2, 0.25) is 5.91 Å². The van der Waals surface area contributed by atoms with E-state index >= 15 is 0 Å². The fourth-order valence-electron chi connectivity index (χ4n) is 3.53. The van der Waals surface area contributed by atoms with Crippen LogP contribution in [-0.2, 0) is 14.8 Å². The molecule has 0 heterocycles. The van der Waals surface area contributed by atoms with Crippen LogP contribution in [0.15, 0.2) is 82.6 Å². The molecule has 0 spiro atoms. The second kappa shape index (κ2) is 12.1. The van der Waals surface area contributed by atoms with Crippen LogP contribution in [0.5, 0.6) is 5.75 Å². The maximum atomic E-state index is 13.5. The number of para-hydroxylation sites is 1. The Kier molecular flexibility index (Phi) is 9.23. The number of benzene rings is 3. The molecule has 3 aromatic carbocycles. The summed E-state index contributed by atoms with van der Waals surface area (Å²) in [4.78, 5) is 13.9. The Morgan fingerprint density at radius 1 is 1.00 bits per heavy atom. The smallest absolute Gasteiger partial charge is 0.264 e. The van der Waals surface area contributed by atoms with Crippen molar-refractivity contribution in [3.8, 4) is 5.75 Å². The highest BCUT2D eigenvalue weighted by Crippen LogP contribution is 2.27. The lowest BCUT2D eigenvalue weighted by atomic mass is 10.0. The minimum atomic E-state index is -3.94. The van der Waals surface area contributed by atoms with Crippen molar-refractivity contribution in [2.45, 2.75) is 36.5 Å². The monoisotopic (exact) mass is 512 g/mol. The van der Waals surface area contributed by atoms with E-state index in [1.165, 1.54) is 11.8 Å². The van der Waals surface area contributed by atoms with Crippen LogP contribution in [0.25, 0.3) is 0 Å². The van der Waals surface area contributed by atoms with Crippen LogP contribution < -0.4 is 14.4 Å². The van der Waals surface area contributed by atoms with E-state index in [1.54, 1.807) is 36.4 Å². The summed E-state index contributed by atoms with van der Waals surface area (Å²) in [6, 6.07) is 21.5. The number of hydrogen-bond acceptors (Lipinski definition) is 5. The van der Waals surface area contributed by atoms with E-state index in [9.17, 15) is 13.2 Å². The van der Waals surface area contributed by atoms with Crippen LogP contribution in [0.2, 0.25) is 0 Å². The minimum absolute atomic E-state index is 0.136. The predicted molar refractivity (Wildman–Crippen MR) is 143 cm³/mol. The van der Waals surface area contributed by atoms with Crippen molar-refractivity contribution < 1.29 is 17.9 Å². The van der Waals surface area contributed by atoms with Crippen LogP contribution in [-0.4, -0.2) is 40.3 Å². The molecule has 1 amide bonds. The molecule has 0 bridgehead atoms. The van der Waals surface area contributed by atoms with Gasteiger partial charge in [-0.1, -0.05) is 49.7 Å². The van der Waals surface area contributed by atoms with Gasteiger partial charge in [-0.05, 0) is 67.1 Å². The predicted octanol–water partition coefficient (Wildman–Crippen LogP) is 5.23. The van der Waals surface area contributed by atoms with Gasteiger partial charge in [0.1, 0.15) is 18.9 Å². The zero-order valence-corrected chi connectivity index (χ0v) is 22.2. The van der Waals surface area contributed by atoms with Crippen molar-refractivity contribution in [1.29, 1.82) is 0 Å². The van der Waals surface area contributed by atoms with Gasteiger partial charge >= 0.3 is 0 Å². The third-order valence-corrected chi connectivity index (χ3v) is 8.01. The molecule has 3 aromatic rings. The Bertz CT molecular complexity index is 1220. The Balaban J connectivity index is 1.70. The molecule has 0 aromatic heterocycles. The van der Waals surface area contributed by atoms with E-state index in [1.807, 2.05) is 49.6 Å². The third-order valence-electron chi connectivity index (χ3n) is 5.48. The van der Waals surface area contributed by atoms with Crippen LogP contribution in [0.4, 0.5) is 5.69 Å². The molecular weight excluding hydrogens is 480 g/mol. The van der Waals surface area contributed by atoms with E-state index in [-0.39, 0.29) is 24.6 Å². The summed E-state index contributed by atoms with van der Waals surface area (Å²) in [6.07, 6.45) is 1.93. The summed E-state index contributed by atoms with van der Waals surface area (Å²) in [5.74, 6) is 0.698. The van der Waals surface area contributed by atoms with Gasteiger partial charge in [-0.15, -0.1) is 11.8 Å². The van der Waals surface area contributed by atoms with Crippen molar-refractivity contribution in [1.82, 2.24) is 5.32 Å². The molecule has 6 nitrogen and oxygen atoms in total. The summed E-state index contributed by atoms with van der Waals surface area (Å²) in [5.41, 5.74) is 2.53. The fraction of sp³-hybridized carbons (Fsp3) is 0.296. The number of sulfonamides is 1. The standard InChI is InChI=1S/C27H32N2O4S2/c1-20(2)25-7-5-6-8-26(25)33-18-17-28-27(30)19-29(22-11-9-21(3)10-12-22)35(31,32)24-15-13-23(34-4)14-16-24/h5-16,20H,17-19H2,1-4H3,(H,28,30). The molecule has 0 saturated carbocycles. The molecule has 0 aliphatic heterocycles. The molecule has 0 fully saturated rings. The molecule has 1 N–H and O–H groups in total. The van der Waals surface area contributed by atoms with Gasteiger partial charge in [-0.2, -0.15) is 0 Å². The van der Waals surface area contributed by atoms with Gasteiger partial charge in [0.05, 0.1) is 17.1 Å². The molecule has 35 heavy (non-hydrogen) atoms. The maximum Gasteiger partial charge on any atom is 0.264 e. The van der Waals surface area contributed by atoms with Gasteiger partial charge in [0.25, 0.3) is 10.0 Å². The van der Waals surface area contributed by atoms with Gasteiger partial charge in [0, 0.05) is 4.90 Å². The normalized spacial score (nSPS) is 11.3. The Morgan fingerprint density at radius 2 is 1.66 bits per heavy atom. The second-order valence-corrected chi connectivity index (χ2v) is 11.2. The quantitative estimate of drug-likeness (QED) is 0.281. The highest BCUT2D eigenvalue weighted by molar-refractivity contribution is 7.98. The highest BCUT2D eigenvalue weighted by Gasteiger charge is 2.27. The summed E-state index contributed by atoms with van der Waals surface area (Å²) in [7, 11) is -3.94. The number of ether oxygens (including phenoxy) is 1. The number of carbonyl (C=O) groups is 1. The summed E-state index contributed by atoms with van der Waals surface area (Å²) < 4.78 is 34.0. The summed E-state index contributed by atoms with van der Waals surface area (Å²) in [5, 5.41) is 2.78. The lowest BCUT2D eigenvalue weighted by molar-refractivity contribution is -0.119. The van der Waals surface area contributed by atoms with Crippen LogP contribution >= 0.6 is 11.8 Å². The SMILES string of the molecule is CSc1ccc(S(=O)(=O)N(CC(=O)NCCOc2ccccc2C(C)C)c2ccc(C)cc2)cc1. The van der Waals surface area contributed by atoms with Crippen LogP contribution in [0.1, 0.15) is 30.9 Å². The van der Waals surface area contributed by atoms with Gasteiger partial charge < -0.3 is 10.1 Å². The average molecular weight is 513 g/mol. The third kappa shape index (κ3) is 7.02. The van der Waals surface area contributed by atoms with E-state index in [4.69, 9.17) is 4.74 Å². The first-order valence-electron chi connectivity index (χ1n) is 11.4. The number of hydrogen-bond donors (Lipinski definition) is 1. The topological polar surface area (TPSA) is 75.7 Å². The molecule has 0 radical (unpaired) electrons. The molecule has 0 aliphatic carbocycles. The van der Waals surface area contributed by atoms with E-state index in [0.29, 0.717) is 11.6 Å². The lowest BCUT2D eigenvalue weighted by Crippen LogP contribution is -2.42. The molecule has 0 saturated heterocycles. The number of anilines is 1. The first-order valence-corrected chi connectivity index (χ1v) is 14.1. The summed E-state index contributed by atoms with van der Waals surface area (Å²) >= 11 is 1.53. The van der Waals surface area contributed by atoms with Crippen LogP contribution in [0, 0.1) is 6.92 Å². The Labute approximate surface area is 212 Å².